The molecule has 2 rings (SSSR count). The predicted octanol–water partition coefficient (Wildman–Crippen LogP) is 3.66. The first-order valence-electron chi connectivity index (χ1n) is 7.07. The Morgan fingerprint density at radius 2 is 1.80 bits per heavy atom. The topological polar surface area (TPSA) is 38.0 Å². The molecule has 0 spiro atoms. The molecule has 0 saturated heterocycles. The first-order valence-corrected chi connectivity index (χ1v) is 7.95. The third-order valence-corrected chi connectivity index (χ3v) is 4.46. The highest BCUT2D eigenvalue weighted by molar-refractivity contribution is 7.09. The molecule has 1 unspecified atom stereocenters. The minimum absolute atomic E-state index is 0.209. The molecule has 1 aromatic heterocycles. The third kappa shape index (κ3) is 4.17. The van der Waals surface area contributed by atoms with E-state index in [0.29, 0.717) is 0 Å². The van der Waals surface area contributed by atoms with Gasteiger partial charge < -0.3 is 0 Å². The molecule has 0 fully saturated rings. The van der Waals surface area contributed by atoms with Gasteiger partial charge in [-0.2, -0.15) is 0 Å². The van der Waals surface area contributed by atoms with Crippen molar-refractivity contribution in [2.24, 2.45) is 5.84 Å². The van der Waals surface area contributed by atoms with Gasteiger partial charge in [-0.15, -0.1) is 11.3 Å². The SMILES string of the molecule is CC(C)(C)c1ccc(CC(Cc2cccs2)NN)cc1. The predicted molar refractivity (Wildman–Crippen MR) is 88.0 cm³/mol. The molecule has 0 amide bonds. The van der Waals surface area contributed by atoms with E-state index in [1.54, 1.807) is 11.3 Å². The van der Waals surface area contributed by atoms with Gasteiger partial charge in [0.1, 0.15) is 0 Å². The molecule has 1 heterocycles. The monoisotopic (exact) mass is 288 g/mol. The molecule has 20 heavy (non-hydrogen) atoms. The van der Waals surface area contributed by atoms with E-state index >= 15 is 0 Å². The van der Waals surface area contributed by atoms with Crippen molar-refractivity contribution in [3.63, 3.8) is 0 Å². The number of hydrazine groups is 1. The van der Waals surface area contributed by atoms with E-state index in [1.807, 2.05) is 0 Å². The average molecular weight is 288 g/mol. The molecular weight excluding hydrogens is 264 g/mol. The Hall–Kier alpha value is -1.16. The lowest BCUT2D eigenvalue weighted by Gasteiger charge is -2.20. The van der Waals surface area contributed by atoms with Gasteiger partial charge in [-0.05, 0) is 40.8 Å². The Kier molecular flexibility index (Phi) is 4.97. The zero-order chi connectivity index (χ0) is 14.6. The normalized spacial score (nSPS) is 13.4. The summed E-state index contributed by atoms with van der Waals surface area (Å²) in [7, 11) is 0. The van der Waals surface area contributed by atoms with Crippen molar-refractivity contribution in [2.75, 3.05) is 0 Å². The second-order valence-corrected chi connectivity index (χ2v) is 7.33. The maximum absolute atomic E-state index is 5.69. The maximum Gasteiger partial charge on any atom is 0.0299 e. The van der Waals surface area contributed by atoms with Crippen LogP contribution in [0.2, 0.25) is 0 Å². The lowest BCUT2D eigenvalue weighted by Crippen LogP contribution is -2.38. The van der Waals surface area contributed by atoms with Crippen LogP contribution in [0.3, 0.4) is 0 Å². The van der Waals surface area contributed by atoms with Gasteiger partial charge in [0.25, 0.3) is 0 Å². The smallest absolute Gasteiger partial charge is 0.0299 e. The van der Waals surface area contributed by atoms with Crippen LogP contribution in [0, 0.1) is 0 Å². The number of thiophene rings is 1. The summed E-state index contributed by atoms with van der Waals surface area (Å²) in [6.07, 6.45) is 1.94. The summed E-state index contributed by atoms with van der Waals surface area (Å²) in [6, 6.07) is 13.4. The fourth-order valence-electron chi connectivity index (χ4n) is 2.29. The Bertz CT molecular complexity index is 509. The summed E-state index contributed by atoms with van der Waals surface area (Å²) in [6.45, 7) is 6.72. The van der Waals surface area contributed by atoms with E-state index in [-0.39, 0.29) is 11.5 Å². The summed E-state index contributed by atoms with van der Waals surface area (Å²) >= 11 is 1.79. The van der Waals surface area contributed by atoms with Crippen LogP contribution in [0.25, 0.3) is 0 Å². The molecule has 0 bridgehead atoms. The Labute approximate surface area is 126 Å². The Morgan fingerprint density at radius 1 is 1.10 bits per heavy atom. The third-order valence-electron chi connectivity index (χ3n) is 3.57. The van der Waals surface area contributed by atoms with E-state index < -0.39 is 0 Å². The van der Waals surface area contributed by atoms with Crippen LogP contribution in [0.1, 0.15) is 36.8 Å². The van der Waals surface area contributed by atoms with Gasteiger partial charge in [0.2, 0.25) is 0 Å². The van der Waals surface area contributed by atoms with E-state index in [2.05, 4.69) is 68.0 Å². The molecule has 0 aliphatic heterocycles. The zero-order valence-electron chi connectivity index (χ0n) is 12.5. The number of rotatable bonds is 5. The van der Waals surface area contributed by atoms with Crippen molar-refractivity contribution < 1.29 is 0 Å². The van der Waals surface area contributed by atoms with Crippen molar-refractivity contribution in [3.8, 4) is 0 Å². The standard InChI is InChI=1S/C17H24N2S/c1-17(2,3)14-8-6-13(7-9-14)11-15(19-18)12-16-5-4-10-20-16/h4-10,15,19H,11-12,18H2,1-3H3. The molecule has 2 aromatic rings. The molecule has 108 valence electrons. The molecule has 3 N–H and O–H groups in total. The lowest BCUT2D eigenvalue weighted by atomic mass is 9.86. The fraction of sp³-hybridized carbons (Fsp3) is 0.412. The van der Waals surface area contributed by atoms with E-state index in [9.17, 15) is 0 Å². The highest BCUT2D eigenvalue weighted by Crippen LogP contribution is 2.22. The maximum atomic E-state index is 5.69. The second-order valence-electron chi connectivity index (χ2n) is 6.30. The summed E-state index contributed by atoms with van der Waals surface area (Å²) in [4.78, 5) is 1.37. The minimum Gasteiger partial charge on any atom is -0.271 e. The van der Waals surface area contributed by atoms with Crippen LogP contribution in [0.4, 0.5) is 0 Å². The number of hydrogen-bond acceptors (Lipinski definition) is 3. The number of benzene rings is 1. The number of nitrogens with two attached hydrogens (primary N) is 1. The Morgan fingerprint density at radius 3 is 2.30 bits per heavy atom. The number of hydrogen-bond donors (Lipinski definition) is 2. The van der Waals surface area contributed by atoms with Gasteiger partial charge in [0.05, 0.1) is 0 Å². The van der Waals surface area contributed by atoms with Gasteiger partial charge in [0, 0.05) is 10.9 Å². The van der Waals surface area contributed by atoms with E-state index in [1.165, 1.54) is 16.0 Å². The van der Waals surface area contributed by atoms with Gasteiger partial charge in [0.15, 0.2) is 0 Å². The lowest BCUT2D eigenvalue weighted by molar-refractivity contribution is 0.525. The van der Waals surface area contributed by atoms with Crippen molar-refractivity contribution in [2.45, 2.75) is 45.1 Å². The van der Waals surface area contributed by atoms with Crippen molar-refractivity contribution >= 4 is 11.3 Å². The van der Waals surface area contributed by atoms with Gasteiger partial charge >= 0.3 is 0 Å². The molecule has 2 nitrogen and oxygen atoms in total. The van der Waals surface area contributed by atoms with Crippen LogP contribution < -0.4 is 11.3 Å². The molecule has 0 aliphatic carbocycles. The summed E-state index contributed by atoms with van der Waals surface area (Å²) in [5.41, 5.74) is 5.85. The van der Waals surface area contributed by atoms with Crippen LogP contribution >= 0.6 is 11.3 Å². The second kappa shape index (κ2) is 6.53. The van der Waals surface area contributed by atoms with Crippen LogP contribution in [-0.2, 0) is 18.3 Å². The molecule has 3 heteroatoms. The zero-order valence-corrected chi connectivity index (χ0v) is 13.3. The van der Waals surface area contributed by atoms with Crippen molar-refractivity contribution in [1.82, 2.24) is 5.43 Å². The molecule has 1 atom stereocenters. The van der Waals surface area contributed by atoms with Crippen LogP contribution in [0.15, 0.2) is 41.8 Å². The molecule has 0 radical (unpaired) electrons. The molecule has 1 aromatic carbocycles. The molecule has 0 saturated carbocycles. The summed E-state index contributed by atoms with van der Waals surface area (Å²) < 4.78 is 0. The highest BCUT2D eigenvalue weighted by atomic mass is 32.1. The van der Waals surface area contributed by atoms with Crippen LogP contribution in [-0.4, -0.2) is 6.04 Å². The van der Waals surface area contributed by atoms with Gasteiger partial charge in [-0.25, -0.2) is 0 Å². The van der Waals surface area contributed by atoms with E-state index in [0.717, 1.165) is 12.8 Å². The van der Waals surface area contributed by atoms with Crippen molar-refractivity contribution in [3.05, 3.63) is 57.8 Å². The summed E-state index contributed by atoms with van der Waals surface area (Å²) in [5, 5.41) is 2.11. The molecule has 0 aliphatic rings. The largest absolute Gasteiger partial charge is 0.271 e. The quantitative estimate of drug-likeness (QED) is 0.651. The minimum atomic E-state index is 0.209. The fourth-order valence-corrected chi connectivity index (χ4v) is 3.07. The van der Waals surface area contributed by atoms with Gasteiger partial charge in [-0.1, -0.05) is 51.1 Å². The first-order chi connectivity index (χ1) is 9.49. The van der Waals surface area contributed by atoms with E-state index in [4.69, 9.17) is 5.84 Å². The first kappa shape index (κ1) is 15.2. The summed E-state index contributed by atoms with van der Waals surface area (Å²) in [5.74, 6) is 5.69. The number of nitrogens with one attached hydrogen (secondary N) is 1. The van der Waals surface area contributed by atoms with Gasteiger partial charge in [-0.3, -0.25) is 11.3 Å². The van der Waals surface area contributed by atoms with Crippen molar-refractivity contribution in [1.29, 1.82) is 0 Å². The van der Waals surface area contributed by atoms with Crippen LogP contribution in [0.5, 0.6) is 0 Å². The Balaban J connectivity index is 2.01. The average Bonchev–Trinajstić information content (AvgIpc) is 2.90. The molecular formula is C17H24N2S. The highest BCUT2D eigenvalue weighted by Gasteiger charge is 2.14.